The number of nitrogens with one attached hydrogen (secondary N) is 4. The second-order valence-electron chi connectivity index (χ2n) is 13.2. The molecule has 296 valence electrons. The number of aromatic hydroxyl groups is 1. The monoisotopic (exact) mass is 771 g/mol. The molecular weight excluding hydrogens is 723 g/mol. The van der Waals surface area contributed by atoms with Gasteiger partial charge < -0.3 is 45.9 Å². The fourth-order valence-corrected chi connectivity index (χ4v) is 6.18. The Hall–Kier alpha value is -6.47. The Balaban J connectivity index is 1.02. The predicted molar refractivity (Wildman–Crippen MR) is 222 cm³/mol. The summed E-state index contributed by atoms with van der Waals surface area (Å²) in [4.78, 5) is 38.0. The molecule has 12 nitrogen and oxygen atoms in total. The van der Waals surface area contributed by atoms with Crippen molar-refractivity contribution in [1.29, 1.82) is 0 Å². The molecule has 0 fully saturated rings. The second kappa shape index (κ2) is 21.0. The van der Waals surface area contributed by atoms with Crippen molar-refractivity contribution >= 4 is 35.9 Å². The number of rotatable bonds is 19. The SMILES string of the molecule is C/C=C\c1c(C(O)CNCc2ccc(NC(=O)N(C)CCOC(=O)c3ccc(COc4cccc(C(NC)c5ccccc5)c4)cc3)cc2)ccc(O)c1NC=O. The summed E-state index contributed by atoms with van der Waals surface area (Å²) in [5.41, 5.74) is 6.38. The zero-order valence-corrected chi connectivity index (χ0v) is 32.3. The van der Waals surface area contributed by atoms with Crippen molar-refractivity contribution in [3.8, 4) is 11.5 Å². The first-order chi connectivity index (χ1) is 27.7. The molecule has 2 unspecified atom stereocenters. The molecule has 0 saturated heterocycles. The number of aliphatic hydroxyl groups excluding tert-OH is 1. The number of esters is 1. The number of benzene rings is 5. The van der Waals surface area contributed by atoms with Gasteiger partial charge in [-0.25, -0.2) is 9.59 Å². The van der Waals surface area contributed by atoms with Crippen LogP contribution >= 0.6 is 0 Å². The van der Waals surface area contributed by atoms with E-state index in [0.717, 1.165) is 28.0 Å². The number of phenolic OH excluding ortho intramolecular Hbond substituents is 1. The van der Waals surface area contributed by atoms with Gasteiger partial charge in [0.05, 0.1) is 29.9 Å². The van der Waals surface area contributed by atoms with Crippen molar-refractivity contribution in [3.63, 3.8) is 0 Å². The van der Waals surface area contributed by atoms with Gasteiger partial charge in [0.25, 0.3) is 0 Å². The van der Waals surface area contributed by atoms with E-state index in [2.05, 4.69) is 39.5 Å². The molecule has 57 heavy (non-hydrogen) atoms. The van der Waals surface area contributed by atoms with Crippen LogP contribution in [0.15, 0.2) is 121 Å². The number of urea groups is 1. The first-order valence-corrected chi connectivity index (χ1v) is 18.6. The Kier molecular flexibility index (Phi) is 15.4. The number of likely N-dealkylation sites (N-methyl/N-ethyl adjacent to an activating group) is 1. The third-order valence-corrected chi connectivity index (χ3v) is 9.24. The summed E-state index contributed by atoms with van der Waals surface area (Å²) in [6.07, 6.45) is 3.04. The average Bonchev–Trinajstić information content (AvgIpc) is 3.23. The quantitative estimate of drug-likeness (QED) is 0.0294. The van der Waals surface area contributed by atoms with Crippen molar-refractivity contribution in [3.05, 3.63) is 160 Å². The molecule has 0 aromatic heterocycles. The molecule has 0 saturated carbocycles. The Bertz CT molecular complexity index is 2110. The van der Waals surface area contributed by atoms with E-state index < -0.39 is 12.1 Å². The minimum atomic E-state index is -0.907. The molecule has 2 atom stereocenters. The van der Waals surface area contributed by atoms with E-state index >= 15 is 0 Å². The van der Waals surface area contributed by atoms with E-state index in [-0.39, 0.29) is 43.2 Å². The van der Waals surface area contributed by atoms with Crippen molar-refractivity contribution in [2.24, 2.45) is 0 Å². The molecule has 0 radical (unpaired) electrons. The Labute approximate surface area is 333 Å². The fourth-order valence-electron chi connectivity index (χ4n) is 6.18. The smallest absolute Gasteiger partial charge is 0.338 e. The molecule has 5 aromatic rings. The molecule has 6 N–H and O–H groups in total. The van der Waals surface area contributed by atoms with Crippen LogP contribution in [0.5, 0.6) is 11.5 Å². The molecule has 5 rings (SSSR count). The van der Waals surface area contributed by atoms with E-state index in [1.165, 1.54) is 11.0 Å². The van der Waals surface area contributed by atoms with Crippen LogP contribution < -0.4 is 26.0 Å². The van der Waals surface area contributed by atoms with Crippen LogP contribution in [0.1, 0.15) is 62.8 Å². The molecule has 0 spiro atoms. The molecule has 12 heteroatoms. The zero-order valence-electron chi connectivity index (χ0n) is 32.3. The van der Waals surface area contributed by atoms with Gasteiger partial charge in [-0.1, -0.05) is 84.9 Å². The van der Waals surface area contributed by atoms with Gasteiger partial charge in [-0.05, 0) is 84.3 Å². The first-order valence-electron chi connectivity index (χ1n) is 18.6. The average molecular weight is 772 g/mol. The molecule has 0 heterocycles. The lowest BCUT2D eigenvalue weighted by atomic mass is 9.99. The van der Waals surface area contributed by atoms with Crippen LogP contribution in [-0.4, -0.2) is 67.3 Å². The van der Waals surface area contributed by atoms with Gasteiger partial charge in [0.1, 0.15) is 24.7 Å². The maximum Gasteiger partial charge on any atom is 0.338 e. The largest absolute Gasteiger partial charge is 0.506 e. The van der Waals surface area contributed by atoms with E-state index in [1.54, 1.807) is 56.5 Å². The standard InChI is InChI=1S/C45H49N5O7/c1-4-9-39-38(22-23-40(52)43(39)48-30-51)41(53)28-47-27-31-16-20-36(21-17-31)49-45(55)50(3)24-25-56-44(54)34-18-14-32(15-19-34)29-57-37-13-8-12-35(26-37)42(46-2)33-10-6-5-7-11-33/h4-23,26,30,41-42,46-47,52-53H,24-25,27-29H2,1-3H3,(H,48,51)(H,49,55)/b9-4-. The molecular formula is C45H49N5O7. The third kappa shape index (κ3) is 11.8. The summed E-state index contributed by atoms with van der Waals surface area (Å²) < 4.78 is 11.5. The number of aliphatic hydroxyl groups is 1. The minimum Gasteiger partial charge on any atom is -0.506 e. The van der Waals surface area contributed by atoms with Crippen LogP contribution in [0, 0.1) is 0 Å². The van der Waals surface area contributed by atoms with Gasteiger partial charge in [-0.2, -0.15) is 0 Å². The van der Waals surface area contributed by atoms with Crippen molar-refractivity contribution in [2.75, 3.05) is 44.4 Å². The van der Waals surface area contributed by atoms with Crippen molar-refractivity contribution in [2.45, 2.75) is 32.2 Å². The highest BCUT2D eigenvalue weighted by atomic mass is 16.5. The third-order valence-electron chi connectivity index (χ3n) is 9.24. The van der Waals surface area contributed by atoms with Crippen LogP contribution in [0.3, 0.4) is 0 Å². The van der Waals surface area contributed by atoms with Gasteiger partial charge in [0, 0.05) is 31.4 Å². The van der Waals surface area contributed by atoms with E-state index in [1.807, 2.05) is 67.7 Å². The summed E-state index contributed by atoms with van der Waals surface area (Å²) in [6.45, 7) is 3.01. The lowest BCUT2D eigenvalue weighted by Crippen LogP contribution is -2.34. The maximum absolute atomic E-state index is 12.8. The predicted octanol–water partition coefficient (Wildman–Crippen LogP) is 7.03. The second-order valence-corrected chi connectivity index (χ2v) is 13.2. The molecule has 0 aliphatic heterocycles. The van der Waals surface area contributed by atoms with Crippen LogP contribution in [0.4, 0.5) is 16.2 Å². The molecule has 3 amide bonds. The van der Waals surface area contributed by atoms with Crippen LogP contribution in [0.2, 0.25) is 0 Å². The van der Waals surface area contributed by atoms with Gasteiger partial charge in [-0.3, -0.25) is 4.79 Å². The highest BCUT2D eigenvalue weighted by Gasteiger charge is 2.18. The molecule has 0 aliphatic carbocycles. The topological polar surface area (TPSA) is 161 Å². The highest BCUT2D eigenvalue weighted by Crippen LogP contribution is 2.34. The molecule has 0 bridgehead atoms. The summed E-state index contributed by atoms with van der Waals surface area (Å²) in [7, 11) is 3.55. The Morgan fingerprint density at radius 3 is 2.30 bits per heavy atom. The van der Waals surface area contributed by atoms with Gasteiger partial charge >= 0.3 is 12.0 Å². The number of nitrogens with zero attached hydrogens (tertiary/aromatic N) is 1. The van der Waals surface area contributed by atoms with Gasteiger partial charge in [0.2, 0.25) is 6.41 Å². The zero-order chi connectivity index (χ0) is 40.6. The number of anilines is 2. The first kappa shape index (κ1) is 41.7. The number of carbonyl (C=O) groups is 3. The van der Waals surface area contributed by atoms with E-state index in [0.29, 0.717) is 41.9 Å². The van der Waals surface area contributed by atoms with Gasteiger partial charge in [-0.15, -0.1) is 0 Å². The normalized spacial score (nSPS) is 12.1. The summed E-state index contributed by atoms with van der Waals surface area (Å²) in [5.74, 6) is 0.165. The number of allylic oxidation sites excluding steroid dienone is 1. The molecule has 0 aliphatic rings. The van der Waals surface area contributed by atoms with Crippen LogP contribution in [-0.2, 0) is 22.7 Å². The number of ether oxygens (including phenoxy) is 2. The van der Waals surface area contributed by atoms with Crippen molar-refractivity contribution in [1.82, 2.24) is 15.5 Å². The minimum absolute atomic E-state index is 0.0201. The van der Waals surface area contributed by atoms with Crippen LogP contribution in [0.25, 0.3) is 6.08 Å². The number of phenols is 1. The maximum atomic E-state index is 12.8. The van der Waals surface area contributed by atoms with E-state index in [9.17, 15) is 24.6 Å². The number of amides is 3. The van der Waals surface area contributed by atoms with Gasteiger partial charge in [0.15, 0.2) is 0 Å². The van der Waals surface area contributed by atoms with Crippen molar-refractivity contribution < 1.29 is 34.1 Å². The molecule has 5 aromatic carbocycles. The van der Waals surface area contributed by atoms with E-state index in [4.69, 9.17) is 9.47 Å². The lowest BCUT2D eigenvalue weighted by Gasteiger charge is -2.19. The number of hydrogen-bond acceptors (Lipinski definition) is 9. The number of carbonyl (C=O) groups excluding carboxylic acids is 3. The summed E-state index contributed by atoms with van der Waals surface area (Å²) >= 11 is 0. The summed E-state index contributed by atoms with van der Waals surface area (Å²) in [6, 6.07) is 35.3. The Morgan fingerprint density at radius 2 is 1.60 bits per heavy atom. The number of hydrogen-bond donors (Lipinski definition) is 6. The fraction of sp³-hybridized carbons (Fsp3) is 0.222. The highest BCUT2D eigenvalue weighted by molar-refractivity contribution is 5.90. The lowest BCUT2D eigenvalue weighted by molar-refractivity contribution is -0.105. The summed E-state index contributed by atoms with van der Waals surface area (Å²) in [5, 5.41) is 32.9. The Morgan fingerprint density at radius 1 is 0.877 bits per heavy atom.